The monoisotopic (exact) mass is 231 g/mol. The van der Waals surface area contributed by atoms with Crippen molar-refractivity contribution in [1.29, 1.82) is 0 Å². The first-order chi connectivity index (χ1) is 5.70. The zero-order valence-electron chi connectivity index (χ0n) is 7.87. The van der Waals surface area contributed by atoms with Crippen LogP contribution in [0.15, 0.2) is 16.9 Å². The van der Waals surface area contributed by atoms with Gasteiger partial charge in [0.05, 0.1) is 4.47 Å². The van der Waals surface area contributed by atoms with Crippen LogP contribution in [-0.4, -0.2) is 24.1 Å². The van der Waals surface area contributed by atoms with Crippen LogP contribution < -0.4 is 4.90 Å². The van der Waals surface area contributed by atoms with E-state index in [4.69, 9.17) is 0 Å². The zero-order chi connectivity index (χ0) is 9.56. The first kappa shape index (κ1) is 11.4. The number of halogens is 1. The minimum absolute atomic E-state index is 0.725. The third-order valence-corrected chi connectivity index (χ3v) is 1.42. The van der Waals surface area contributed by atoms with E-state index < -0.39 is 0 Å². The van der Waals surface area contributed by atoms with Crippen LogP contribution in [0.4, 0.5) is 5.95 Å². The van der Waals surface area contributed by atoms with Gasteiger partial charge in [-0.3, -0.25) is 0 Å². The van der Waals surface area contributed by atoms with E-state index in [1.807, 2.05) is 32.8 Å². The molecular weight excluding hydrogens is 218 g/mol. The molecule has 0 aromatic carbocycles. The van der Waals surface area contributed by atoms with Gasteiger partial charge in [0.2, 0.25) is 5.95 Å². The molecule has 0 aliphatic carbocycles. The second kappa shape index (κ2) is 5.94. The van der Waals surface area contributed by atoms with E-state index in [1.165, 1.54) is 0 Å². The number of aromatic nitrogens is 2. The highest BCUT2D eigenvalue weighted by Crippen LogP contribution is 2.07. The number of hydrogen-bond acceptors (Lipinski definition) is 3. The third-order valence-electron chi connectivity index (χ3n) is 1.01. The lowest BCUT2D eigenvalue weighted by molar-refractivity contribution is 0.994. The second-order valence-corrected chi connectivity index (χ2v) is 3.01. The average molecular weight is 232 g/mol. The van der Waals surface area contributed by atoms with E-state index in [1.54, 1.807) is 12.4 Å². The van der Waals surface area contributed by atoms with Crippen LogP contribution in [0.2, 0.25) is 0 Å². The summed E-state index contributed by atoms with van der Waals surface area (Å²) >= 11 is 3.25. The minimum atomic E-state index is 0.725. The Bertz CT molecular complexity index is 208. The lowest BCUT2D eigenvalue weighted by Gasteiger charge is -2.07. The number of nitrogens with zero attached hydrogens (tertiary/aromatic N) is 3. The minimum Gasteiger partial charge on any atom is -0.347 e. The van der Waals surface area contributed by atoms with E-state index >= 15 is 0 Å². The van der Waals surface area contributed by atoms with Gasteiger partial charge in [0.25, 0.3) is 0 Å². The van der Waals surface area contributed by atoms with E-state index in [-0.39, 0.29) is 0 Å². The van der Waals surface area contributed by atoms with Crippen molar-refractivity contribution in [3.63, 3.8) is 0 Å². The fraction of sp³-hybridized carbons (Fsp3) is 0.500. The van der Waals surface area contributed by atoms with Crippen molar-refractivity contribution in [2.24, 2.45) is 0 Å². The Labute approximate surface area is 82.0 Å². The number of rotatable bonds is 1. The molecule has 0 fully saturated rings. The molecular formula is C8H14BrN3. The smallest absolute Gasteiger partial charge is 0.224 e. The molecule has 1 aromatic rings. The van der Waals surface area contributed by atoms with Crippen LogP contribution in [0.3, 0.4) is 0 Å². The van der Waals surface area contributed by atoms with Gasteiger partial charge in [-0.05, 0) is 15.9 Å². The summed E-state index contributed by atoms with van der Waals surface area (Å²) in [6.45, 7) is 4.00. The van der Waals surface area contributed by atoms with Crippen molar-refractivity contribution in [2.75, 3.05) is 19.0 Å². The average Bonchev–Trinajstić information content (AvgIpc) is 2.09. The van der Waals surface area contributed by atoms with Gasteiger partial charge in [0, 0.05) is 26.5 Å². The maximum Gasteiger partial charge on any atom is 0.224 e. The largest absolute Gasteiger partial charge is 0.347 e. The second-order valence-electron chi connectivity index (χ2n) is 2.10. The van der Waals surface area contributed by atoms with Crippen LogP contribution in [-0.2, 0) is 0 Å². The molecule has 0 amide bonds. The SMILES string of the molecule is CC.CN(C)c1ncc(Br)cn1. The number of anilines is 1. The highest BCUT2D eigenvalue weighted by atomic mass is 79.9. The molecule has 0 saturated carbocycles. The van der Waals surface area contributed by atoms with Gasteiger partial charge in [0.1, 0.15) is 0 Å². The zero-order valence-corrected chi connectivity index (χ0v) is 9.46. The summed E-state index contributed by atoms with van der Waals surface area (Å²) in [5.41, 5.74) is 0. The van der Waals surface area contributed by atoms with Crippen LogP contribution in [0.25, 0.3) is 0 Å². The molecule has 12 heavy (non-hydrogen) atoms. The summed E-state index contributed by atoms with van der Waals surface area (Å²) in [5, 5.41) is 0. The fourth-order valence-corrected chi connectivity index (χ4v) is 0.741. The third kappa shape index (κ3) is 3.67. The molecule has 0 aliphatic heterocycles. The van der Waals surface area contributed by atoms with Crippen molar-refractivity contribution in [3.8, 4) is 0 Å². The maximum atomic E-state index is 4.05. The van der Waals surface area contributed by atoms with Gasteiger partial charge in [0.15, 0.2) is 0 Å². The van der Waals surface area contributed by atoms with E-state index in [9.17, 15) is 0 Å². The molecule has 0 bridgehead atoms. The Kier molecular flexibility index (Phi) is 5.62. The van der Waals surface area contributed by atoms with Gasteiger partial charge >= 0.3 is 0 Å². The van der Waals surface area contributed by atoms with Gasteiger partial charge < -0.3 is 4.90 Å². The molecule has 4 heteroatoms. The first-order valence-corrected chi connectivity index (χ1v) is 4.64. The first-order valence-electron chi connectivity index (χ1n) is 3.85. The molecule has 0 atom stereocenters. The predicted octanol–water partition coefficient (Wildman–Crippen LogP) is 2.33. The molecule has 1 rings (SSSR count). The van der Waals surface area contributed by atoms with Crippen molar-refractivity contribution < 1.29 is 0 Å². The molecule has 0 N–H and O–H groups in total. The van der Waals surface area contributed by atoms with Crippen molar-refractivity contribution in [2.45, 2.75) is 13.8 Å². The van der Waals surface area contributed by atoms with E-state index in [0.29, 0.717) is 0 Å². The molecule has 3 nitrogen and oxygen atoms in total. The van der Waals surface area contributed by atoms with Gasteiger partial charge in [-0.1, -0.05) is 13.8 Å². The van der Waals surface area contributed by atoms with E-state index in [2.05, 4.69) is 25.9 Å². The van der Waals surface area contributed by atoms with Crippen molar-refractivity contribution >= 4 is 21.9 Å². The van der Waals surface area contributed by atoms with Gasteiger partial charge in [-0.25, -0.2) is 9.97 Å². The molecule has 0 unspecified atom stereocenters. The standard InChI is InChI=1S/C6H8BrN3.C2H6/c1-10(2)6-8-3-5(7)4-9-6;1-2/h3-4H,1-2H3;1-2H3. The van der Waals surface area contributed by atoms with Crippen molar-refractivity contribution in [3.05, 3.63) is 16.9 Å². The molecule has 0 spiro atoms. The van der Waals surface area contributed by atoms with Crippen LogP contribution >= 0.6 is 15.9 Å². The van der Waals surface area contributed by atoms with Crippen LogP contribution in [0.5, 0.6) is 0 Å². The lowest BCUT2D eigenvalue weighted by atomic mass is 10.6. The van der Waals surface area contributed by atoms with E-state index in [0.717, 1.165) is 10.4 Å². The molecule has 0 aliphatic rings. The lowest BCUT2D eigenvalue weighted by Crippen LogP contribution is -2.11. The molecule has 1 aromatic heterocycles. The van der Waals surface area contributed by atoms with Crippen molar-refractivity contribution in [1.82, 2.24) is 9.97 Å². The summed E-state index contributed by atoms with van der Waals surface area (Å²) < 4.78 is 0.901. The summed E-state index contributed by atoms with van der Waals surface area (Å²) in [5.74, 6) is 0.725. The molecule has 68 valence electrons. The van der Waals surface area contributed by atoms with Crippen LogP contribution in [0, 0.1) is 0 Å². The summed E-state index contributed by atoms with van der Waals surface area (Å²) in [6.07, 6.45) is 3.45. The Morgan fingerprint density at radius 2 is 1.58 bits per heavy atom. The predicted molar refractivity (Wildman–Crippen MR) is 55.4 cm³/mol. The summed E-state index contributed by atoms with van der Waals surface area (Å²) in [4.78, 5) is 9.95. The Morgan fingerprint density at radius 3 is 1.92 bits per heavy atom. The quantitative estimate of drug-likeness (QED) is 0.744. The Morgan fingerprint density at radius 1 is 1.17 bits per heavy atom. The molecule has 1 heterocycles. The molecule has 0 radical (unpaired) electrons. The highest BCUT2D eigenvalue weighted by molar-refractivity contribution is 9.10. The van der Waals surface area contributed by atoms with Gasteiger partial charge in [-0.2, -0.15) is 0 Å². The van der Waals surface area contributed by atoms with Gasteiger partial charge in [-0.15, -0.1) is 0 Å². The van der Waals surface area contributed by atoms with Crippen LogP contribution in [0.1, 0.15) is 13.8 Å². The summed E-state index contributed by atoms with van der Waals surface area (Å²) in [7, 11) is 3.81. The maximum absolute atomic E-state index is 4.05. The molecule has 0 saturated heterocycles. The Balaban J connectivity index is 0.000000561. The topological polar surface area (TPSA) is 29.0 Å². The summed E-state index contributed by atoms with van der Waals surface area (Å²) in [6, 6.07) is 0. The highest BCUT2D eigenvalue weighted by Gasteiger charge is 1.95. The Hall–Kier alpha value is -0.640. The fourth-order valence-electron chi connectivity index (χ4n) is 0.536. The number of hydrogen-bond donors (Lipinski definition) is 0. The normalized spacial score (nSPS) is 8.42.